The van der Waals surface area contributed by atoms with Crippen molar-refractivity contribution < 1.29 is 35.9 Å². The third-order valence-electron chi connectivity index (χ3n) is 7.41. The summed E-state index contributed by atoms with van der Waals surface area (Å²) in [6, 6.07) is 5.66. The van der Waals surface area contributed by atoms with Crippen LogP contribution >= 0.6 is 0 Å². The van der Waals surface area contributed by atoms with Crippen LogP contribution in [-0.2, 0) is 38.5 Å². The van der Waals surface area contributed by atoms with Crippen LogP contribution in [-0.4, -0.2) is 91.9 Å². The summed E-state index contributed by atoms with van der Waals surface area (Å²) in [7, 11) is -1.86. The van der Waals surface area contributed by atoms with Crippen LogP contribution in [0.1, 0.15) is 38.4 Å². The minimum absolute atomic E-state index is 0.00921. The average Bonchev–Trinajstić information content (AvgIpc) is 3.26. The summed E-state index contributed by atoms with van der Waals surface area (Å²) in [6.45, 7) is 4.34. The molecule has 0 saturated carbocycles. The number of rotatable bonds is 6. The number of esters is 1. The molecule has 0 radical (unpaired) electrons. The van der Waals surface area contributed by atoms with E-state index in [4.69, 9.17) is 19.6 Å². The van der Waals surface area contributed by atoms with Crippen molar-refractivity contribution >= 4 is 27.3 Å². The van der Waals surface area contributed by atoms with Gasteiger partial charge in [-0.3, -0.25) is 4.90 Å². The molecule has 2 aliphatic heterocycles. The van der Waals surface area contributed by atoms with Gasteiger partial charge < -0.3 is 14.4 Å². The highest BCUT2D eigenvalue weighted by Gasteiger charge is 2.33. The maximum atomic E-state index is 13.7. The van der Waals surface area contributed by atoms with E-state index in [1.54, 1.807) is 12.1 Å². The van der Waals surface area contributed by atoms with Crippen LogP contribution in [0.2, 0.25) is 0 Å². The van der Waals surface area contributed by atoms with Gasteiger partial charge in [0, 0.05) is 45.2 Å². The fourth-order valence-electron chi connectivity index (χ4n) is 5.09. The molecule has 0 aliphatic carbocycles. The number of sulfone groups is 1. The van der Waals surface area contributed by atoms with Gasteiger partial charge in [0.2, 0.25) is 0 Å². The lowest BCUT2D eigenvalue weighted by Crippen LogP contribution is -2.39. The Balaban J connectivity index is 1.65. The Morgan fingerprint density at radius 1 is 1.12 bits per heavy atom. The second-order valence-corrected chi connectivity index (χ2v) is 12.2. The molecule has 10 nitrogen and oxygen atoms in total. The van der Waals surface area contributed by atoms with Crippen LogP contribution in [0.15, 0.2) is 24.3 Å². The van der Waals surface area contributed by atoms with E-state index in [9.17, 15) is 26.4 Å². The maximum Gasteiger partial charge on any atom is 0.416 e. The number of carbonyl (C=O) groups is 1. The largest absolute Gasteiger partial charge is 0.465 e. The van der Waals surface area contributed by atoms with Crippen molar-refractivity contribution in [2.45, 2.75) is 26.1 Å². The molecule has 0 spiro atoms. The van der Waals surface area contributed by atoms with Crippen LogP contribution in [0, 0.1) is 6.92 Å². The Morgan fingerprint density at radius 2 is 1.82 bits per heavy atom. The van der Waals surface area contributed by atoms with E-state index in [2.05, 4.69) is 0 Å². The normalized spacial score (nSPS) is 18.3. The number of anilines is 1. The quantitative estimate of drug-likeness (QED) is 0.406. The summed E-state index contributed by atoms with van der Waals surface area (Å²) < 4.78 is 77.0. The molecule has 4 heterocycles. The predicted molar refractivity (Wildman–Crippen MR) is 140 cm³/mol. The first-order valence-electron chi connectivity index (χ1n) is 12.9. The van der Waals surface area contributed by atoms with Gasteiger partial charge in [-0.15, -0.1) is 5.10 Å². The molecule has 2 saturated heterocycles. The number of benzene rings is 1. The van der Waals surface area contributed by atoms with Crippen molar-refractivity contribution in [3.8, 4) is 0 Å². The summed E-state index contributed by atoms with van der Waals surface area (Å²) in [5.41, 5.74) is 1.24. The summed E-state index contributed by atoms with van der Waals surface area (Å²) in [5.74, 6) is -0.111. The second-order valence-electron chi connectivity index (χ2n) is 9.94. The van der Waals surface area contributed by atoms with Crippen molar-refractivity contribution in [1.82, 2.24) is 19.5 Å². The number of ether oxygens (including phenoxy) is 2. The number of alkyl halides is 3. The number of morpholine rings is 1. The highest BCUT2D eigenvalue weighted by atomic mass is 32.2. The van der Waals surface area contributed by atoms with Crippen molar-refractivity contribution in [2.24, 2.45) is 0 Å². The highest BCUT2D eigenvalue weighted by Crippen LogP contribution is 2.34. The smallest absolute Gasteiger partial charge is 0.416 e. The molecule has 5 rings (SSSR count). The molecule has 3 aromatic rings. The van der Waals surface area contributed by atoms with Gasteiger partial charge in [0.1, 0.15) is 5.56 Å². The number of hydrogen-bond acceptors (Lipinski definition) is 9. The molecule has 0 amide bonds. The van der Waals surface area contributed by atoms with Gasteiger partial charge >= 0.3 is 12.1 Å². The molecule has 0 bridgehead atoms. The summed E-state index contributed by atoms with van der Waals surface area (Å²) in [6.07, 6.45) is -4.44. The summed E-state index contributed by atoms with van der Waals surface area (Å²) in [4.78, 5) is 21.5. The minimum atomic E-state index is -4.51. The number of imidazole rings is 1. The van der Waals surface area contributed by atoms with Gasteiger partial charge in [-0.1, -0.05) is 12.1 Å². The van der Waals surface area contributed by atoms with Gasteiger partial charge in [0.05, 0.1) is 48.8 Å². The topological polar surface area (TPSA) is 106 Å². The molecule has 0 atom stereocenters. The molecule has 216 valence electrons. The lowest BCUT2D eigenvalue weighted by atomic mass is 9.98. The molecule has 2 aliphatic rings. The standard InChI is InChI=1S/C26H30F3N5O5S/c1-17-18(4-3-5-20(17)26(27,28)29)14-22-21(16-32-8-12-40(36,37)13-9-32)30-24-19(25(35)38-2)15-23(31-34(22)24)33-6-10-39-11-7-33/h3-5,15H,6-14,16H2,1-2H3. The first kappa shape index (κ1) is 28.3. The summed E-state index contributed by atoms with van der Waals surface area (Å²) >= 11 is 0. The van der Waals surface area contributed by atoms with Gasteiger partial charge in [-0.25, -0.2) is 22.7 Å². The van der Waals surface area contributed by atoms with E-state index in [-0.39, 0.29) is 41.2 Å². The fourth-order valence-corrected chi connectivity index (χ4v) is 6.37. The summed E-state index contributed by atoms with van der Waals surface area (Å²) in [5, 5.41) is 4.79. The van der Waals surface area contributed by atoms with Crippen LogP contribution in [0.4, 0.5) is 19.0 Å². The zero-order valence-electron chi connectivity index (χ0n) is 22.2. The number of fused-ring (bicyclic) bond motifs is 1. The molecule has 1 aromatic carbocycles. The Kier molecular flexibility index (Phi) is 7.77. The van der Waals surface area contributed by atoms with Crippen molar-refractivity contribution in [1.29, 1.82) is 0 Å². The van der Waals surface area contributed by atoms with E-state index >= 15 is 0 Å². The highest BCUT2D eigenvalue weighted by molar-refractivity contribution is 7.91. The fraction of sp³-hybridized carbons (Fsp3) is 0.500. The van der Waals surface area contributed by atoms with Crippen LogP contribution < -0.4 is 4.90 Å². The average molecular weight is 582 g/mol. The second kappa shape index (κ2) is 11.0. The first-order valence-corrected chi connectivity index (χ1v) is 14.7. The van der Waals surface area contributed by atoms with Gasteiger partial charge in [0.25, 0.3) is 0 Å². The predicted octanol–water partition coefficient (Wildman–Crippen LogP) is 2.50. The van der Waals surface area contributed by atoms with Gasteiger partial charge in [-0.2, -0.15) is 13.2 Å². The van der Waals surface area contributed by atoms with Gasteiger partial charge in [-0.05, 0) is 24.1 Å². The Hall–Kier alpha value is -3.23. The Bertz CT molecular complexity index is 1520. The van der Waals surface area contributed by atoms with E-state index < -0.39 is 27.5 Å². The minimum Gasteiger partial charge on any atom is -0.465 e. The van der Waals surface area contributed by atoms with Crippen molar-refractivity contribution in [2.75, 3.05) is 62.9 Å². The number of hydrogen-bond donors (Lipinski definition) is 0. The molecule has 0 unspecified atom stereocenters. The van der Waals surface area contributed by atoms with E-state index in [1.807, 2.05) is 9.80 Å². The molecular formula is C26H30F3N5O5S. The third-order valence-corrected chi connectivity index (χ3v) is 9.02. The number of carbonyl (C=O) groups excluding carboxylic acids is 1. The molecular weight excluding hydrogens is 551 g/mol. The molecule has 0 N–H and O–H groups in total. The SMILES string of the molecule is COC(=O)c1cc(N2CCOCC2)nn2c(Cc3cccc(C(F)(F)F)c3C)c(CN3CCS(=O)(=O)CC3)nc12. The number of methoxy groups -OCH3 is 1. The number of nitrogens with zero attached hydrogens (tertiary/aromatic N) is 5. The van der Waals surface area contributed by atoms with Crippen LogP contribution in [0.5, 0.6) is 0 Å². The number of aromatic nitrogens is 3. The van der Waals surface area contributed by atoms with E-state index in [1.165, 1.54) is 24.6 Å². The number of halogens is 3. The molecule has 40 heavy (non-hydrogen) atoms. The third kappa shape index (κ3) is 5.79. The monoisotopic (exact) mass is 581 g/mol. The zero-order valence-corrected chi connectivity index (χ0v) is 23.0. The molecule has 14 heteroatoms. The van der Waals surface area contributed by atoms with Crippen molar-refractivity contribution in [3.63, 3.8) is 0 Å². The first-order chi connectivity index (χ1) is 19.0. The lowest BCUT2D eigenvalue weighted by molar-refractivity contribution is -0.138. The zero-order chi connectivity index (χ0) is 28.7. The lowest BCUT2D eigenvalue weighted by Gasteiger charge is -2.28. The maximum absolute atomic E-state index is 13.7. The van der Waals surface area contributed by atoms with E-state index in [0.717, 1.165) is 6.07 Å². The Labute approximate surface area is 229 Å². The Morgan fingerprint density at radius 3 is 2.48 bits per heavy atom. The van der Waals surface area contributed by atoms with Crippen LogP contribution in [0.25, 0.3) is 5.65 Å². The molecule has 2 fully saturated rings. The van der Waals surface area contributed by atoms with Gasteiger partial charge in [0.15, 0.2) is 21.3 Å². The van der Waals surface area contributed by atoms with E-state index in [0.29, 0.717) is 62.2 Å². The van der Waals surface area contributed by atoms with Crippen LogP contribution in [0.3, 0.4) is 0 Å². The molecule has 2 aromatic heterocycles. The van der Waals surface area contributed by atoms with Crippen molar-refractivity contribution in [3.05, 3.63) is 57.9 Å².